The fourth-order valence-corrected chi connectivity index (χ4v) is 6.37. The monoisotopic (exact) mass is 516 g/mol. The van der Waals surface area contributed by atoms with Gasteiger partial charge in [0, 0.05) is 36.2 Å². The zero-order valence-corrected chi connectivity index (χ0v) is 20.3. The second kappa shape index (κ2) is 8.29. The highest BCUT2D eigenvalue weighted by Gasteiger charge is 2.66. The Balaban J connectivity index is 1.16. The molecule has 4 N–H and O–H groups in total. The molecule has 0 unspecified atom stereocenters. The molecule has 3 aromatic heterocycles. The maximum atomic E-state index is 14.7. The molecule has 0 spiro atoms. The molecule has 10 nitrogen and oxygen atoms in total. The molecule has 37 heavy (non-hydrogen) atoms. The smallest absolute Gasteiger partial charge is 0.204 e. The van der Waals surface area contributed by atoms with Crippen molar-refractivity contribution in [2.24, 2.45) is 17.6 Å². The number of H-pyrrole nitrogens is 2. The minimum Gasteiger partial charge on any atom is -0.355 e. The first kappa shape index (κ1) is 22.3. The van der Waals surface area contributed by atoms with E-state index in [1.807, 2.05) is 24.3 Å². The average molecular weight is 517 g/mol. The Morgan fingerprint density at radius 1 is 1.16 bits per heavy atom. The molecule has 3 atom stereocenters. The van der Waals surface area contributed by atoms with Gasteiger partial charge in [0.15, 0.2) is 5.65 Å². The molecule has 1 saturated carbocycles. The lowest BCUT2D eigenvalue weighted by atomic mass is 9.91. The summed E-state index contributed by atoms with van der Waals surface area (Å²) in [5, 5.41) is 21.9. The molecule has 1 aliphatic carbocycles. The van der Waals surface area contributed by atoms with Crippen molar-refractivity contribution in [3.05, 3.63) is 65.1 Å². The summed E-state index contributed by atoms with van der Waals surface area (Å²) in [5.41, 5.74) is 9.93. The first-order valence-corrected chi connectivity index (χ1v) is 12.4. The van der Waals surface area contributed by atoms with Crippen molar-refractivity contribution in [1.82, 2.24) is 40.8 Å². The Morgan fingerprint density at radius 3 is 2.84 bits per heavy atom. The fourth-order valence-electron chi connectivity index (χ4n) is 6.10. The summed E-state index contributed by atoms with van der Waals surface area (Å²) in [5.74, 6) is 1.68. The van der Waals surface area contributed by atoms with E-state index in [2.05, 4.69) is 35.7 Å². The summed E-state index contributed by atoms with van der Waals surface area (Å²) in [7, 11) is 0. The standard InChI is InChI=1S/C25H22ClFN10/c26-18-9-13(23-33-35-36-34-23)5-6-14(18)21-22-24(32-31-21)30-20(10-29-22)37-8-7-15-17(11-37)25(15,12-28)16-3-1-2-4-19(16)27/h1-6,9-10,15,17H,7-8,11-12,28H2,(H,30,31,32)(H,33,34,35,36)/t15-,17+,25-/m1/s1. The first-order chi connectivity index (χ1) is 18.1. The Labute approximate surface area is 215 Å². The van der Waals surface area contributed by atoms with E-state index >= 15 is 0 Å². The number of hydrogen-bond donors (Lipinski definition) is 3. The molecular weight excluding hydrogens is 495 g/mol. The van der Waals surface area contributed by atoms with Crippen LogP contribution in [0.4, 0.5) is 10.2 Å². The van der Waals surface area contributed by atoms with Crippen LogP contribution in [0.15, 0.2) is 48.7 Å². The number of halogens is 2. The number of tetrazole rings is 1. The number of fused-ring (bicyclic) bond motifs is 2. The molecule has 2 fully saturated rings. The number of rotatable bonds is 5. The molecular formula is C25H22ClFN10. The molecule has 186 valence electrons. The molecule has 4 heterocycles. The van der Waals surface area contributed by atoms with E-state index in [1.54, 1.807) is 18.3 Å². The van der Waals surface area contributed by atoms with Crippen molar-refractivity contribution in [2.75, 3.05) is 24.5 Å². The van der Waals surface area contributed by atoms with Crippen LogP contribution in [-0.2, 0) is 5.41 Å². The van der Waals surface area contributed by atoms with Gasteiger partial charge in [-0.2, -0.15) is 10.3 Å². The lowest BCUT2D eigenvalue weighted by Crippen LogP contribution is -2.32. The summed E-state index contributed by atoms with van der Waals surface area (Å²) >= 11 is 6.58. The van der Waals surface area contributed by atoms with Crippen LogP contribution in [0.5, 0.6) is 0 Å². The predicted molar refractivity (Wildman–Crippen MR) is 136 cm³/mol. The van der Waals surface area contributed by atoms with Crippen molar-refractivity contribution >= 4 is 28.6 Å². The SMILES string of the molecule is NC[C@]1(c2ccccc2F)[C@@H]2CCN(c3cnc4c(-c5ccc(-c6nn[nH]n6)cc5Cl)n[nH]c4n3)C[C@@H]21. The van der Waals surface area contributed by atoms with Gasteiger partial charge >= 0.3 is 0 Å². The van der Waals surface area contributed by atoms with Crippen LogP contribution in [0.3, 0.4) is 0 Å². The van der Waals surface area contributed by atoms with Crippen molar-refractivity contribution < 1.29 is 4.39 Å². The third kappa shape index (κ3) is 3.34. The second-order valence-electron chi connectivity index (χ2n) is 9.60. The molecule has 2 aromatic carbocycles. The Hall–Kier alpha value is -3.96. The molecule has 0 bridgehead atoms. The summed E-state index contributed by atoms with van der Waals surface area (Å²) in [6, 6.07) is 12.5. The van der Waals surface area contributed by atoms with Gasteiger partial charge in [0.2, 0.25) is 5.82 Å². The normalized spacial score (nSPS) is 22.8. The number of nitrogens with zero attached hydrogens (tertiary/aromatic N) is 7. The quantitative estimate of drug-likeness (QED) is 0.323. The minimum absolute atomic E-state index is 0.177. The number of benzene rings is 2. The number of aromatic nitrogens is 8. The molecule has 1 aliphatic heterocycles. The number of hydrogen-bond acceptors (Lipinski definition) is 8. The molecule has 1 saturated heterocycles. The van der Waals surface area contributed by atoms with Gasteiger partial charge in [-0.1, -0.05) is 41.9 Å². The fraction of sp³-hybridized carbons (Fsp3) is 0.280. The maximum Gasteiger partial charge on any atom is 0.204 e. The molecule has 12 heteroatoms. The van der Waals surface area contributed by atoms with Crippen LogP contribution in [0, 0.1) is 17.7 Å². The van der Waals surface area contributed by atoms with Crippen molar-refractivity contribution in [1.29, 1.82) is 0 Å². The van der Waals surface area contributed by atoms with Gasteiger partial charge < -0.3 is 10.6 Å². The van der Waals surface area contributed by atoms with Crippen molar-refractivity contribution in [3.63, 3.8) is 0 Å². The largest absolute Gasteiger partial charge is 0.355 e. The van der Waals surface area contributed by atoms with Gasteiger partial charge in [0.05, 0.1) is 11.2 Å². The maximum absolute atomic E-state index is 14.7. The number of aromatic amines is 2. The van der Waals surface area contributed by atoms with Crippen molar-refractivity contribution in [3.8, 4) is 22.6 Å². The van der Waals surface area contributed by atoms with E-state index in [9.17, 15) is 4.39 Å². The topological polar surface area (TPSA) is 138 Å². The molecule has 7 rings (SSSR count). The third-order valence-corrected chi connectivity index (χ3v) is 8.26. The lowest BCUT2D eigenvalue weighted by Gasteiger charge is -2.26. The van der Waals surface area contributed by atoms with Gasteiger partial charge in [-0.25, -0.2) is 14.4 Å². The lowest BCUT2D eigenvalue weighted by molar-refractivity contribution is 0.533. The Bertz CT molecular complexity index is 1620. The highest BCUT2D eigenvalue weighted by molar-refractivity contribution is 6.33. The molecule has 2 aliphatic rings. The number of piperidine rings is 1. The van der Waals surface area contributed by atoms with Crippen LogP contribution in [0.1, 0.15) is 12.0 Å². The van der Waals surface area contributed by atoms with Gasteiger partial charge in [-0.05, 0) is 41.2 Å². The molecule has 0 amide bonds. The van der Waals surface area contributed by atoms with Gasteiger partial charge in [0.25, 0.3) is 0 Å². The zero-order chi connectivity index (χ0) is 25.1. The van der Waals surface area contributed by atoms with E-state index in [0.717, 1.165) is 42.0 Å². The zero-order valence-electron chi connectivity index (χ0n) is 19.6. The minimum atomic E-state index is -0.316. The summed E-state index contributed by atoms with van der Waals surface area (Å²) in [4.78, 5) is 11.7. The van der Waals surface area contributed by atoms with E-state index in [4.69, 9.17) is 27.3 Å². The van der Waals surface area contributed by atoms with E-state index in [1.165, 1.54) is 6.07 Å². The Morgan fingerprint density at radius 2 is 2.05 bits per heavy atom. The van der Waals surface area contributed by atoms with E-state index in [0.29, 0.717) is 40.2 Å². The number of nitrogens with two attached hydrogens (primary N) is 1. The molecule has 5 aromatic rings. The van der Waals surface area contributed by atoms with Crippen LogP contribution >= 0.6 is 11.6 Å². The van der Waals surface area contributed by atoms with Gasteiger partial charge in [0.1, 0.15) is 22.8 Å². The van der Waals surface area contributed by atoms with Crippen LogP contribution in [0.25, 0.3) is 33.8 Å². The molecule has 0 radical (unpaired) electrons. The Kier molecular flexibility index (Phi) is 4.98. The van der Waals surface area contributed by atoms with E-state index < -0.39 is 0 Å². The first-order valence-electron chi connectivity index (χ1n) is 12.0. The summed E-state index contributed by atoms with van der Waals surface area (Å²) < 4.78 is 14.7. The van der Waals surface area contributed by atoms with Crippen LogP contribution < -0.4 is 10.6 Å². The van der Waals surface area contributed by atoms with Gasteiger partial charge in [-0.15, -0.1) is 10.2 Å². The highest BCUT2D eigenvalue weighted by Crippen LogP contribution is 2.63. The second-order valence-corrected chi connectivity index (χ2v) is 10.0. The summed E-state index contributed by atoms with van der Waals surface area (Å²) in [6.07, 6.45) is 2.69. The van der Waals surface area contributed by atoms with Crippen molar-refractivity contribution in [2.45, 2.75) is 11.8 Å². The predicted octanol–water partition coefficient (Wildman–Crippen LogP) is 3.35. The highest BCUT2D eigenvalue weighted by atomic mass is 35.5. The van der Waals surface area contributed by atoms with Crippen LogP contribution in [0.2, 0.25) is 5.02 Å². The summed E-state index contributed by atoms with van der Waals surface area (Å²) in [6.45, 7) is 1.99. The van der Waals surface area contributed by atoms with E-state index in [-0.39, 0.29) is 17.2 Å². The number of anilines is 1. The number of nitrogens with one attached hydrogen (secondary N) is 2. The average Bonchev–Trinajstić information content (AvgIpc) is 3.26. The third-order valence-electron chi connectivity index (χ3n) is 7.95. The van der Waals surface area contributed by atoms with Gasteiger partial charge in [-0.3, -0.25) is 5.10 Å². The van der Waals surface area contributed by atoms with Crippen LogP contribution in [-0.4, -0.2) is 60.4 Å².